The minimum absolute atomic E-state index is 0.0827. The summed E-state index contributed by atoms with van der Waals surface area (Å²) in [7, 11) is -3.77. The molecule has 0 aliphatic heterocycles. The molecule has 6 heteroatoms. The third kappa shape index (κ3) is 2.27. The Hall–Kier alpha value is -1.53. The van der Waals surface area contributed by atoms with Crippen LogP contribution in [0.1, 0.15) is 25.3 Å². The molecule has 0 aliphatic rings. The highest BCUT2D eigenvalue weighted by Gasteiger charge is 2.15. The van der Waals surface area contributed by atoms with Crippen LogP contribution in [-0.4, -0.2) is 18.4 Å². The van der Waals surface area contributed by atoms with Crippen LogP contribution in [-0.2, 0) is 10.0 Å². The van der Waals surface area contributed by atoms with E-state index in [0.29, 0.717) is 10.9 Å². The Balaban J connectivity index is 2.88. The van der Waals surface area contributed by atoms with Gasteiger partial charge in [-0.2, -0.15) is 0 Å². The van der Waals surface area contributed by atoms with E-state index in [2.05, 4.69) is 9.97 Å². The molecule has 1 aromatic carbocycles. The molecule has 0 aliphatic carbocycles. The minimum Gasteiger partial charge on any atom is -0.244 e. The highest BCUT2D eigenvalue weighted by molar-refractivity contribution is 7.89. The van der Waals surface area contributed by atoms with E-state index in [9.17, 15) is 8.42 Å². The van der Waals surface area contributed by atoms with Crippen molar-refractivity contribution in [2.24, 2.45) is 5.14 Å². The first-order chi connectivity index (χ1) is 7.89. The summed E-state index contributed by atoms with van der Waals surface area (Å²) >= 11 is 0. The zero-order valence-corrected chi connectivity index (χ0v) is 10.4. The fourth-order valence-corrected chi connectivity index (χ4v) is 2.41. The van der Waals surface area contributed by atoms with Crippen molar-refractivity contribution in [3.63, 3.8) is 0 Å². The third-order valence-electron chi connectivity index (χ3n) is 2.58. The number of benzene rings is 1. The van der Waals surface area contributed by atoms with Crippen LogP contribution in [0.15, 0.2) is 29.6 Å². The zero-order chi connectivity index (χ0) is 12.6. The molecule has 2 N–H and O–H groups in total. The Kier molecular flexibility index (Phi) is 2.84. The smallest absolute Gasteiger partial charge is 0.238 e. The highest BCUT2D eigenvalue weighted by Crippen LogP contribution is 2.25. The molecule has 0 radical (unpaired) electrons. The van der Waals surface area contributed by atoms with Crippen molar-refractivity contribution in [1.82, 2.24) is 9.97 Å². The van der Waals surface area contributed by atoms with Crippen LogP contribution in [0.5, 0.6) is 0 Å². The molecular formula is C11H13N3O2S. The Labute approximate surface area is 99.7 Å². The summed E-state index contributed by atoms with van der Waals surface area (Å²) in [6.45, 7) is 3.96. The lowest BCUT2D eigenvalue weighted by Gasteiger charge is -2.10. The second-order valence-corrected chi connectivity index (χ2v) is 5.70. The van der Waals surface area contributed by atoms with E-state index in [1.54, 1.807) is 6.07 Å². The van der Waals surface area contributed by atoms with E-state index in [-0.39, 0.29) is 10.8 Å². The second-order valence-electron chi connectivity index (χ2n) is 4.17. The van der Waals surface area contributed by atoms with Gasteiger partial charge in [0.15, 0.2) is 0 Å². The lowest BCUT2D eigenvalue weighted by Crippen LogP contribution is -2.13. The van der Waals surface area contributed by atoms with Gasteiger partial charge in [-0.3, -0.25) is 0 Å². The number of rotatable bonds is 2. The number of fused-ring (bicyclic) bond motifs is 1. The zero-order valence-electron chi connectivity index (χ0n) is 9.58. The molecule has 2 aromatic rings. The van der Waals surface area contributed by atoms with Crippen molar-refractivity contribution in [2.75, 3.05) is 0 Å². The molecule has 2 rings (SSSR count). The molecule has 5 nitrogen and oxygen atoms in total. The van der Waals surface area contributed by atoms with Crippen LogP contribution in [0.3, 0.4) is 0 Å². The average Bonchev–Trinajstić information content (AvgIpc) is 2.26. The summed E-state index contributed by atoms with van der Waals surface area (Å²) in [4.78, 5) is 7.98. The first kappa shape index (κ1) is 11.9. The summed E-state index contributed by atoms with van der Waals surface area (Å²) in [5.74, 6) is 0.204. The van der Waals surface area contributed by atoms with Gasteiger partial charge in [0, 0.05) is 11.6 Å². The van der Waals surface area contributed by atoms with Crippen molar-refractivity contribution in [3.8, 4) is 0 Å². The lowest BCUT2D eigenvalue weighted by molar-refractivity contribution is 0.598. The van der Waals surface area contributed by atoms with Crippen LogP contribution in [0.2, 0.25) is 0 Å². The fourth-order valence-electron chi connectivity index (χ4n) is 1.64. The SMILES string of the molecule is CC(C)c1cc(S(N)(=O)=O)c2cncnc2c1. The van der Waals surface area contributed by atoms with E-state index < -0.39 is 10.0 Å². The Morgan fingerprint density at radius 2 is 2.00 bits per heavy atom. The number of hydrogen-bond donors (Lipinski definition) is 1. The summed E-state index contributed by atoms with van der Waals surface area (Å²) in [6.07, 6.45) is 2.85. The highest BCUT2D eigenvalue weighted by atomic mass is 32.2. The van der Waals surface area contributed by atoms with Crippen molar-refractivity contribution in [1.29, 1.82) is 0 Å². The molecule has 0 fully saturated rings. The molecule has 1 aromatic heterocycles. The van der Waals surface area contributed by atoms with Crippen molar-refractivity contribution in [2.45, 2.75) is 24.7 Å². The van der Waals surface area contributed by atoms with Crippen LogP contribution in [0, 0.1) is 0 Å². The normalized spacial score (nSPS) is 12.2. The Bertz CT molecular complexity index is 665. The predicted octanol–water partition coefficient (Wildman–Crippen LogP) is 1.40. The molecule has 90 valence electrons. The number of sulfonamides is 1. The Morgan fingerprint density at radius 1 is 1.29 bits per heavy atom. The molecule has 0 saturated heterocycles. The largest absolute Gasteiger partial charge is 0.244 e. The summed E-state index contributed by atoms with van der Waals surface area (Å²) in [5, 5.41) is 5.67. The molecule has 0 spiro atoms. The standard InChI is InChI=1S/C11H13N3O2S/c1-7(2)8-3-10-9(5-13-6-14-10)11(4-8)17(12,15)16/h3-7H,1-2H3,(H2,12,15,16). The lowest BCUT2D eigenvalue weighted by atomic mass is 10.0. The number of nitrogens with two attached hydrogens (primary N) is 1. The first-order valence-electron chi connectivity index (χ1n) is 5.16. The van der Waals surface area contributed by atoms with E-state index in [4.69, 9.17) is 5.14 Å². The summed E-state index contributed by atoms with van der Waals surface area (Å²) in [5.41, 5.74) is 1.48. The average molecular weight is 251 g/mol. The van der Waals surface area contributed by atoms with Crippen LogP contribution in [0.4, 0.5) is 0 Å². The van der Waals surface area contributed by atoms with Gasteiger partial charge in [0.25, 0.3) is 0 Å². The third-order valence-corrected chi connectivity index (χ3v) is 3.53. The van der Waals surface area contributed by atoms with Gasteiger partial charge in [-0.15, -0.1) is 0 Å². The minimum atomic E-state index is -3.77. The van der Waals surface area contributed by atoms with E-state index in [1.165, 1.54) is 12.5 Å². The van der Waals surface area contributed by atoms with E-state index >= 15 is 0 Å². The maximum Gasteiger partial charge on any atom is 0.238 e. The van der Waals surface area contributed by atoms with Gasteiger partial charge in [0.2, 0.25) is 10.0 Å². The number of hydrogen-bond acceptors (Lipinski definition) is 4. The van der Waals surface area contributed by atoms with Gasteiger partial charge in [-0.25, -0.2) is 23.5 Å². The quantitative estimate of drug-likeness (QED) is 0.874. The molecule has 0 amide bonds. The maximum absolute atomic E-state index is 11.5. The molecule has 0 atom stereocenters. The molecule has 17 heavy (non-hydrogen) atoms. The van der Waals surface area contributed by atoms with Gasteiger partial charge in [-0.05, 0) is 23.6 Å². The summed E-state index contributed by atoms with van der Waals surface area (Å²) in [6, 6.07) is 3.45. The molecule has 1 heterocycles. The van der Waals surface area contributed by atoms with Gasteiger partial charge in [-0.1, -0.05) is 13.8 Å². The molecule has 0 unspecified atom stereocenters. The van der Waals surface area contributed by atoms with E-state index in [0.717, 1.165) is 5.56 Å². The number of primary sulfonamides is 1. The molecule has 0 saturated carbocycles. The van der Waals surface area contributed by atoms with Gasteiger partial charge in [0.05, 0.1) is 10.4 Å². The topological polar surface area (TPSA) is 85.9 Å². The van der Waals surface area contributed by atoms with Gasteiger partial charge in [0.1, 0.15) is 6.33 Å². The molecular weight excluding hydrogens is 238 g/mol. The number of nitrogens with zero attached hydrogens (tertiary/aromatic N) is 2. The first-order valence-corrected chi connectivity index (χ1v) is 6.70. The predicted molar refractivity (Wildman–Crippen MR) is 65.0 cm³/mol. The fraction of sp³-hybridized carbons (Fsp3) is 0.273. The van der Waals surface area contributed by atoms with Crippen LogP contribution >= 0.6 is 0 Å². The van der Waals surface area contributed by atoms with Crippen molar-refractivity contribution >= 4 is 20.9 Å². The number of aromatic nitrogens is 2. The van der Waals surface area contributed by atoms with Gasteiger partial charge < -0.3 is 0 Å². The second kappa shape index (κ2) is 4.05. The maximum atomic E-state index is 11.5. The Morgan fingerprint density at radius 3 is 2.59 bits per heavy atom. The van der Waals surface area contributed by atoms with Crippen molar-refractivity contribution < 1.29 is 8.42 Å². The summed E-state index contributed by atoms with van der Waals surface area (Å²) < 4.78 is 23.1. The van der Waals surface area contributed by atoms with Crippen LogP contribution < -0.4 is 5.14 Å². The van der Waals surface area contributed by atoms with Gasteiger partial charge >= 0.3 is 0 Å². The van der Waals surface area contributed by atoms with Crippen LogP contribution in [0.25, 0.3) is 10.9 Å². The van der Waals surface area contributed by atoms with E-state index in [1.807, 2.05) is 19.9 Å². The van der Waals surface area contributed by atoms with Crippen molar-refractivity contribution in [3.05, 3.63) is 30.2 Å². The monoisotopic (exact) mass is 251 g/mol. The molecule has 0 bridgehead atoms.